The summed E-state index contributed by atoms with van der Waals surface area (Å²) in [6.45, 7) is 3.24. The topological polar surface area (TPSA) is 75.4 Å². The van der Waals surface area contributed by atoms with Crippen LogP contribution in [0.2, 0.25) is 0 Å². The predicted octanol–water partition coefficient (Wildman–Crippen LogP) is 1.63. The Labute approximate surface area is 147 Å². The molecular formula is C19H26FN3O2. The summed E-state index contributed by atoms with van der Waals surface area (Å²) in [6.07, 6.45) is 3.59. The first-order valence-corrected chi connectivity index (χ1v) is 9.09. The van der Waals surface area contributed by atoms with E-state index in [9.17, 15) is 14.0 Å². The first-order chi connectivity index (χ1) is 12.0. The van der Waals surface area contributed by atoms with Gasteiger partial charge in [0.25, 0.3) is 0 Å². The Morgan fingerprint density at radius 3 is 2.76 bits per heavy atom. The lowest BCUT2D eigenvalue weighted by atomic mass is 9.97. The van der Waals surface area contributed by atoms with Gasteiger partial charge in [0.05, 0.1) is 5.92 Å². The van der Waals surface area contributed by atoms with Gasteiger partial charge in [-0.15, -0.1) is 0 Å². The fourth-order valence-electron chi connectivity index (χ4n) is 3.70. The average molecular weight is 347 g/mol. The number of nitrogens with zero attached hydrogens (tertiary/aromatic N) is 1. The van der Waals surface area contributed by atoms with Crippen LogP contribution in [0.4, 0.5) is 4.39 Å². The number of benzene rings is 1. The summed E-state index contributed by atoms with van der Waals surface area (Å²) in [5.74, 6) is -0.173. The van der Waals surface area contributed by atoms with Gasteiger partial charge in [-0.2, -0.15) is 0 Å². The number of carbonyl (C=O) groups is 2. The molecule has 5 nitrogen and oxygen atoms in total. The molecule has 1 aliphatic heterocycles. The normalized spacial score (nSPS) is 26.2. The van der Waals surface area contributed by atoms with E-state index in [4.69, 9.17) is 5.73 Å². The zero-order chi connectivity index (χ0) is 17.8. The number of piperidine rings is 1. The van der Waals surface area contributed by atoms with E-state index < -0.39 is 0 Å². The van der Waals surface area contributed by atoms with E-state index in [1.807, 2.05) is 0 Å². The van der Waals surface area contributed by atoms with Gasteiger partial charge in [-0.05, 0) is 62.4 Å². The van der Waals surface area contributed by atoms with Crippen molar-refractivity contribution >= 4 is 11.8 Å². The fourth-order valence-corrected chi connectivity index (χ4v) is 3.70. The number of carbonyl (C=O) groups excluding carboxylic acids is 2. The third-order valence-corrected chi connectivity index (χ3v) is 5.28. The van der Waals surface area contributed by atoms with Crippen molar-refractivity contribution in [1.82, 2.24) is 10.2 Å². The Bertz CT molecular complexity index is 620. The van der Waals surface area contributed by atoms with Gasteiger partial charge in [0.2, 0.25) is 11.8 Å². The van der Waals surface area contributed by atoms with Gasteiger partial charge in [0.1, 0.15) is 5.82 Å². The largest absolute Gasteiger partial charge is 0.369 e. The van der Waals surface area contributed by atoms with E-state index in [-0.39, 0.29) is 35.4 Å². The van der Waals surface area contributed by atoms with Crippen LogP contribution in [0, 0.1) is 17.7 Å². The molecule has 1 saturated heterocycles. The Hall–Kier alpha value is -1.95. The van der Waals surface area contributed by atoms with Crippen molar-refractivity contribution < 1.29 is 14.0 Å². The first-order valence-electron chi connectivity index (χ1n) is 9.09. The van der Waals surface area contributed by atoms with Gasteiger partial charge in [-0.3, -0.25) is 9.59 Å². The van der Waals surface area contributed by atoms with Crippen LogP contribution in [-0.4, -0.2) is 42.9 Å². The molecule has 3 rings (SSSR count). The summed E-state index contributed by atoms with van der Waals surface area (Å²) in [7, 11) is 0. The molecule has 2 fully saturated rings. The summed E-state index contributed by atoms with van der Waals surface area (Å²) >= 11 is 0. The van der Waals surface area contributed by atoms with Crippen molar-refractivity contribution in [2.45, 2.75) is 31.6 Å². The molecule has 0 aromatic heterocycles. The Kier molecular flexibility index (Phi) is 5.68. The van der Waals surface area contributed by atoms with Crippen molar-refractivity contribution in [3.05, 3.63) is 35.6 Å². The number of hydrogen-bond acceptors (Lipinski definition) is 3. The maximum atomic E-state index is 12.9. The third-order valence-electron chi connectivity index (χ3n) is 5.28. The molecule has 0 radical (unpaired) electrons. The second kappa shape index (κ2) is 7.95. The SMILES string of the molecule is NC(=O)[C@H]1CCCN(CCCNC(=O)[C@@H]2C[C@H]2c2ccc(F)cc2)C1. The fraction of sp³-hybridized carbons (Fsp3) is 0.579. The van der Waals surface area contributed by atoms with E-state index in [1.165, 1.54) is 12.1 Å². The molecule has 25 heavy (non-hydrogen) atoms. The van der Waals surface area contributed by atoms with E-state index in [0.717, 1.165) is 50.9 Å². The lowest BCUT2D eigenvalue weighted by molar-refractivity contribution is -0.123. The van der Waals surface area contributed by atoms with Crippen molar-refractivity contribution in [2.24, 2.45) is 17.6 Å². The molecule has 3 atom stereocenters. The molecule has 1 saturated carbocycles. The smallest absolute Gasteiger partial charge is 0.223 e. The Balaban J connectivity index is 1.34. The second-order valence-electron chi connectivity index (χ2n) is 7.19. The molecule has 1 aliphatic carbocycles. The van der Waals surface area contributed by atoms with Crippen LogP contribution in [0.1, 0.15) is 37.2 Å². The van der Waals surface area contributed by atoms with E-state index in [0.29, 0.717) is 6.54 Å². The van der Waals surface area contributed by atoms with Crippen LogP contribution in [-0.2, 0) is 9.59 Å². The quantitative estimate of drug-likeness (QED) is 0.736. The summed E-state index contributed by atoms with van der Waals surface area (Å²) < 4.78 is 12.9. The number of amides is 2. The second-order valence-corrected chi connectivity index (χ2v) is 7.19. The van der Waals surface area contributed by atoms with Crippen molar-refractivity contribution in [3.63, 3.8) is 0 Å². The zero-order valence-electron chi connectivity index (χ0n) is 14.4. The van der Waals surface area contributed by atoms with Crippen molar-refractivity contribution in [3.8, 4) is 0 Å². The molecule has 2 amide bonds. The van der Waals surface area contributed by atoms with E-state index in [2.05, 4.69) is 10.2 Å². The average Bonchev–Trinajstić information content (AvgIpc) is 3.40. The first kappa shape index (κ1) is 17.9. The number of nitrogens with two attached hydrogens (primary N) is 1. The minimum Gasteiger partial charge on any atom is -0.369 e. The molecule has 0 unspecified atom stereocenters. The van der Waals surface area contributed by atoms with Gasteiger partial charge in [0, 0.05) is 19.0 Å². The van der Waals surface area contributed by atoms with Crippen LogP contribution in [0.3, 0.4) is 0 Å². The van der Waals surface area contributed by atoms with Crippen molar-refractivity contribution in [2.75, 3.05) is 26.2 Å². The number of hydrogen-bond donors (Lipinski definition) is 2. The molecule has 0 spiro atoms. The van der Waals surface area contributed by atoms with Crippen LogP contribution in [0.15, 0.2) is 24.3 Å². The van der Waals surface area contributed by atoms with Crippen molar-refractivity contribution in [1.29, 1.82) is 0 Å². The molecular weight excluding hydrogens is 321 g/mol. The highest BCUT2D eigenvalue weighted by atomic mass is 19.1. The highest BCUT2D eigenvalue weighted by Gasteiger charge is 2.43. The molecule has 1 aromatic rings. The van der Waals surface area contributed by atoms with Crippen LogP contribution in [0.5, 0.6) is 0 Å². The van der Waals surface area contributed by atoms with Crippen LogP contribution in [0.25, 0.3) is 0 Å². The molecule has 0 bridgehead atoms. The van der Waals surface area contributed by atoms with Gasteiger partial charge < -0.3 is 16.0 Å². The highest BCUT2D eigenvalue weighted by Crippen LogP contribution is 2.47. The lowest BCUT2D eigenvalue weighted by Gasteiger charge is -2.31. The minimum absolute atomic E-state index is 0.0136. The standard InChI is InChI=1S/C19H26FN3O2/c20-15-6-4-13(5-7-15)16-11-17(16)19(25)22-8-2-10-23-9-1-3-14(12-23)18(21)24/h4-7,14,16-17H,1-3,8-12H2,(H2,21,24)(H,22,25)/t14-,16-,17+/m0/s1. The van der Waals surface area contributed by atoms with E-state index >= 15 is 0 Å². The van der Waals surface area contributed by atoms with Gasteiger partial charge in [-0.1, -0.05) is 12.1 Å². The molecule has 1 heterocycles. The maximum absolute atomic E-state index is 12.9. The van der Waals surface area contributed by atoms with Gasteiger partial charge >= 0.3 is 0 Å². The zero-order valence-corrected chi connectivity index (χ0v) is 14.4. The summed E-state index contributed by atoms with van der Waals surface area (Å²) in [5.41, 5.74) is 6.42. The van der Waals surface area contributed by atoms with Crippen LogP contribution < -0.4 is 11.1 Å². The van der Waals surface area contributed by atoms with Crippen LogP contribution >= 0.6 is 0 Å². The molecule has 2 aliphatic rings. The maximum Gasteiger partial charge on any atom is 0.223 e. The third kappa shape index (κ3) is 4.78. The Morgan fingerprint density at radius 1 is 1.28 bits per heavy atom. The molecule has 136 valence electrons. The Morgan fingerprint density at radius 2 is 2.04 bits per heavy atom. The van der Waals surface area contributed by atoms with Gasteiger partial charge in [0.15, 0.2) is 0 Å². The lowest BCUT2D eigenvalue weighted by Crippen LogP contribution is -2.42. The number of primary amides is 1. The van der Waals surface area contributed by atoms with E-state index in [1.54, 1.807) is 12.1 Å². The molecule has 6 heteroatoms. The highest BCUT2D eigenvalue weighted by molar-refractivity contribution is 5.82. The monoisotopic (exact) mass is 347 g/mol. The van der Waals surface area contributed by atoms with Gasteiger partial charge in [-0.25, -0.2) is 4.39 Å². The summed E-state index contributed by atoms with van der Waals surface area (Å²) in [5, 5.41) is 3.00. The summed E-state index contributed by atoms with van der Waals surface area (Å²) in [6, 6.07) is 6.42. The number of nitrogens with one attached hydrogen (secondary N) is 1. The number of halogens is 1. The molecule has 1 aromatic carbocycles. The number of likely N-dealkylation sites (tertiary alicyclic amines) is 1. The predicted molar refractivity (Wildman–Crippen MR) is 93.2 cm³/mol. The molecule has 3 N–H and O–H groups in total. The minimum atomic E-state index is -0.248. The summed E-state index contributed by atoms with van der Waals surface area (Å²) in [4.78, 5) is 25.7. The number of rotatable bonds is 7.